The first-order valence-corrected chi connectivity index (χ1v) is 6.46. The molecule has 1 unspecified atom stereocenters. The van der Waals surface area contributed by atoms with Crippen LogP contribution in [0.15, 0.2) is 18.2 Å². The van der Waals surface area contributed by atoms with E-state index in [2.05, 4.69) is 4.74 Å². The Morgan fingerprint density at radius 1 is 1.43 bits per heavy atom. The number of methoxy groups -OCH3 is 2. The quantitative estimate of drug-likeness (QED) is 0.434. The van der Waals surface area contributed by atoms with Crippen molar-refractivity contribution < 1.29 is 19.2 Å². The summed E-state index contributed by atoms with van der Waals surface area (Å²) in [7, 11) is 4.59. The van der Waals surface area contributed by atoms with Crippen molar-refractivity contribution in [1.29, 1.82) is 0 Å². The number of hydrogen-bond donors (Lipinski definition) is 0. The molecule has 1 aromatic carbocycles. The number of ether oxygens (including phenoxy) is 2. The Morgan fingerprint density at radius 3 is 2.62 bits per heavy atom. The third-order valence-corrected chi connectivity index (χ3v) is 3.08. The SMILES string of the molecule is COC(=O)C(C)CN(C)Cc1ccc(OC)c([N+](=O)[O-])c1. The monoisotopic (exact) mass is 296 g/mol. The standard InChI is InChI=1S/C14H20N2O5/c1-10(14(17)21-4)8-15(2)9-11-5-6-13(20-3)12(7-11)16(18)19/h5-7,10H,8-9H2,1-4H3. The van der Waals surface area contributed by atoms with Gasteiger partial charge in [-0.15, -0.1) is 0 Å². The zero-order valence-corrected chi connectivity index (χ0v) is 12.7. The number of esters is 1. The Bertz CT molecular complexity index is 518. The first-order valence-electron chi connectivity index (χ1n) is 6.46. The van der Waals surface area contributed by atoms with Crippen LogP contribution in [0.4, 0.5) is 5.69 Å². The lowest BCUT2D eigenvalue weighted by molar-refractivity contribution is -0.385. The average Bonchev–Trinajstić information content (AvgIpc) is 2.45. The second-order valence-electron chi connectivity index (χ2n) is 4.88. The molecule has 0 saturated heterocycles. The molecule has 0 aliphatic carbocycles. The van der Waals surface area contributed by atoms with E-state index in [0.29, 0.717) is 13.1 Å². The molecule has 0 amide bonds. The highest BCUT2D eigenvalue weighted by Crippen LogP contribution is 2.27. The molecule has 0 aliphatic rings. The number of nitrogens with zero attached hydrogens (tertiary/aromatic N) is 2. The molecule has 0 saturated carbocycles. The maximum atomic E-state index is 11.4. The smallest absolute Gasteiger partial charge is 0.311 e. The van der Waals surface area contributed by atoms with Crippen molar-refractivity contribution in [2.45, 2.75) is 13.5 Å². The predicted octanol–water partition coefficient (Wildman–Crippen LogP) is 1.84. The molecule has 0 bridgehead atoms. The van der Waals surface area contributed by atoms with Gasteiger partial charge in [-0.25, -0.2) is 0 Å². The molecule has 0 aliphatic heterocycles. The van der Waals surface area contributed by atoms with Gasteiger partial charge in [-0.05, 0) is 18.7 Å². The number of rotatable bonds is 7. The van der Waals surface area contributed by atoms with Crippen LogP contribution in [0.25, 0.3) is 0 Å². The van der Waals surface area contributed by atoms with Crippen molar-refractivity contribution in [3.63, 3.8) is 0 Å². The summed E-state index contributed by atoms with van der Waals surface area (Å²) in [6.45, 7) is 2.78. The molecule has 0 spiro atoms. The number of nitro groups is 1. The Balaban J connectivity index is 2.76. The van der Waals surface area contributed by atoms with Crippen molar-refractivity contribution in [2.24, 2.45) is 5.92 Å². The van der Waals surface area contributed by atoms with Crippen LogP contribution in [0.5, 0.6) is 5.75 Å². The number of carbonyl (C=O) groups excluding carboxylic acids is 1. The molecule has 0 fully saturated rings. The Morgan fingerprint density at radius 2 is 2.10 bits per heavy atom. The van der Waals surface area contributed by atoms with E-state index in [0.717, 1.165) is 5.56 Å². The van der Waals surface area contributed by atoms with E-state index in [-0.39, 0.29) is 23.3 Å². The lowest BCUT2D eigenvalue weighted by Gasteiger charge is -2.20. The molecule has 7 nitrogen and oxygen atoms in total. The lowest BCUT2D eigenvalue weighted by atomic mass is 10.1. The molecule has 0 heterocycles. The van der Waals surface area contributed by atoms with E-state index in [1.165, 1.54) is 20.3 Å². The summed E-state index contributed by atoms with van der Waals surface area (Å²) in [5, 5.41) is 11.0. The van der Waals surface area contributed by atoms with E-state index < -0.39 is 4.92 Å². The largest absolute Gasteiger partial charge is 0.490 e. The highest BCUT2D eigenvalue weighted by molar-refractivity contribution is 5.72. The van der Waals surface area contributed by atoms with Crippen LogP contribution in [0, 0.1) is 16.0 Å². The van der Waals surface area contributed by atoms with Gasteiger partial charge in [-0.2, -0.15) is 0 Å². The third-order valence-electron chi connectivity index (χ3n) is 3.08. The summed E-state index contributed by atoms with van der Waals surface area (Å²) >= 11 is 0. The molecule has 0 radical (unpaired) electrons. The van der Waals surface area contributed by atoms with Gasteiger partial charge in [0.1, 0.15) is 0 Å². The highest BCUT2D eigenvalue weighted by atomic mass is 16.6. The Hall–Kier alpha value is -2.15. The van der Waals surface area contributed by atoms with E-state index in [4.69, 9.17) is 4.74 Å². The maximum Gasteiger partial charge on any atom is 0.311 e. The van der Waals surface area contributed by atoms with Crippen LogP contribution in [0.1, 0.15) is 12.5 Å². The van der Waals surface area contributed by atoms with Gasteiger partial charge in [0.05, 0.1) is 25.1 Å². The molecule has 7 heteroatoms. The summed E-state index contributed by atoms with van der Waals surface area (Å²) in [6.07, 6.45) is 0. The van der Waals surface area contributed by atoms with Gasteiger partial charge in [0, 0.05) is 19.2 Å². The fourth-order valence-electron chi connectivity index (χ4n) is 2.10. The summed E-state index contributed by atoms with van der Waals surface area (Å²) < 4.78 is 9.63. The van der Waals surface area contributed by atoms with Gasteiger partial charge in [0.25, 0.3) is 0 Å². The third kappa shape index (κ3) is 4.71. The van der Waals surface area contributed by atoms with Gasteiger partial charge in [0.2, 0.25) is 0 Å². The van der Waals surface area contributed by atoms with Crippen molar-refractivity contribution in [3.05, 3.63) is 33.9 Å². The van der Waals surface area contributed by atoms with Crippen molar-refractivity contribution in [3.8, 4) is 5.75 Å². The summed E-state index contributed by atoms with van der Waals surface area (Å²) in [6, 6.07) is 4.83. The number of carbonyl (C=O) groups is 1. The van der Waals surface area contributed by atoms with Gasteiger partial charge in [-0.3, -0.25) is 14.9 Å². The van der Waals surface area contributed by atoms with Crippen LogP contribution in [-0.2, 0) is 16.1 Å². The minimum Gasteiger partial charge on any atom is -0.490 e. The molecule has 116 valence electrons. The van der Waals surface area contributed by atoms with Gasteiger partial charge >= 0.3 is 11.7 Å². The van der Waals surface area contributed by atoms with E-state index in [9.17, 15) is 14.9 Å². The van der Waals surface area contributed by atoms with Gasteiger partial charge in [0.15, 0.2) is 5.75 Å². The Labute approximate surface area is 123 Å². The summed E-state index contributed by atoms with van der Waals surface area (Å²) in [4.78, 5) is 23.8. The normalized spacial score (nSPS) is 12.0. The highest BCUT2D eigenvalue weighted by Gasteiger charge is 2.18. The lowest BCUT2D eigenvalue weighted by Crippen LogP contribution is -2.29. The van der Waals surface area contributed by atoms with Gasteiger partial charge < -0.3 is 14.4 Å². The molecule has 1 aromatic rings. The van der Waals surface area contributed by atoms with Crippen molar-refractivity contribution >= 4 is 11.7 Å². The summed E-state index contributed by atoms with van der Waals surface area (Å²) in [5.41, 5.74) is 0.714. The predicted molar refractivity (Wildman–Crippen MR) is 77.2 cm³/mol. The topological polar surface area (TPSA) is 81.9 Å². The number of hydrogen-bond acceptors (Lipinski definition) is 6. The first-order chi connectivity index (χ1) is 9.88. The molecule has 1 rings (SSSR count). The van der Waals surface area contributed by atoms with E-state index in [1.807, 2.05) is 11.9 Å². The van der Waals surface area contributed by atoms with E-state index in [1.54, 1.807) is 19.1 Å². The number of benzene rings is 1. The molecular formula is C14H20N2O5. The minimum absolute atomic E-state index is 0.0654. The average molecular weight is 296 g/mol. The zero-order valence-electron chi connectivity index (χ0n) is 12.7. The number of nitro benzene ring substituents is 1. The van der Waals surface area contributed by atoms with Crippen molar-refractivity contribution in [2.75, 3.05) is 27.8 Å². The summed E-state index contributed by atoms with van der Waals surface area (Å²) in [5.74, 6) is -0.301. The van der Waals surface area contributed by atoms with Crippen LogP contribution in [0.3, 0.4) is 0 Å². The second-order valence-corrected chi connectivity index (χ2v) is 4.88. The fraction of sp³-hybridized carbons (Fsp3) is 0.500. The molecular weight excluding hydrogens is 276 g/mol. The second kappa shape index (κ2) is 7.58. The molecule has 0 N–H and O–H groups in total. The van der Waals surface area contributed by atoms with E-state index >= 15 is 0 Å². The molecule has 21 heavy (non-hydrogen) atoms. The van der Waals surface area contributed by atoms with Crippen molar-refractivity contribution in [1.82, 2.24) is 4.90 Å². The van der Waals surface area contributed by atoms with Crippen LogP contribution in [0.2, 0.25) is 0 Å². The Kier molecular flexibility index (Phi) is 6.10. The van der Waals surface area contributed by atoms with Crippen LogP contribution < -0.4 is 4.74 Å². The molecule has 0 aromatic heterocycles. The molecule has 1 atom stereocenters. The van der Waals surface area contributed by atoms with Crippen LogP contribution in [-0.4, -0.2) is 43.6 Å². The minimum atomic E-state index is -0.473. The van der Waals surface area contributed by atoms with Gasteiger partial charge in [-0.1, -0.05) is 13.0 Å². The maximum absolute atomic E-state index is 11.4. The van der Waals surface area contributed by atoms with Crippen LogP contribution >= 0.6 is 0 Å². The first kappa shape index (κ1) is 16.9. The zero-order chi connectivity index (χ0) is 16.0. The fourth-order valence-corrected chi connectivity index (χ4v) is 2.10.